The topological polar surface area (TPSA) is 37.4 Å². The summed E-state index contributed by atoms with van der Waals surface area (Å²) in [4.78, 5) is 26.5. The molecule has 0 N–H and O–H groups in total. The summed E-state index contributed by atoms with van der Waals surface area (Å²) in [5.41, 5.74) is 1.13. The molecule has 1 aliphatic rings. The number of carbonyl (C=O) groups excluding carboxylic acids is 2. The first-order chi connectivity index (χ1) is 11.2. The van der Waals surface area contributed by atoms with E-state index in [9.17, 15) is 9.59 Å². The number of fused-ring (bicyclic) bond motifs is 1. The standard InChI is InChI=1S/C20H29NO2/c1-3-5-7-8-12-16(11-6-4-2)15-21-19(22)17-13-9-10-14-18(17)20(21)23/h9-10,13-14,16H,3-8,11-12,15H2,1-2H3. The van der Waals surface area contributed by atoms with Crippen LogP contribution in [-0.2, 0) is 0 Å². The molecule has 2 amide bonds. The van der Waals surface area contributed by atoms with Crippen molar-refractivity contribution in [3.8, 4) is 0 Å². The van der Waals surface area contributed by atoms with Gasteiger partial charge in [-0.25, -0.2) is 0 Å². The molecule has 0 spiro atoms. The number of amides is 2. The van der Waals surface area contributed by atoms with E-state index in [1.165, 1.54) is 37.0 Å². The molecule has 1 aliphatic heterocycles. The SMILES string of the molecule is CCCCCCC(CCCC)CN1C(=O)c2ccccc2C1=O. The minimum Gasteiger partial charge on any atom is -0.274 e. The molecule has 0 aromatic heterocycles. The Labute approximate surface area is 140 Å². The largest absolute Gasteiger partial charge is 0.274 e. The van der Waals surface area contributed by atoms with E-state index < -0.39 is 0 Å². The fourth-order valence-corrected chi connectivity index (χ4v) is 3.34. The second-order valence-corrected chi connectivity index (χ2v) is 6.62. The van der Waals surface area contributed by atoms with Crippen LogP contribution in [0.15, 0.2) is 24.3 Å². The Kier molecular flexibility index (Phi) is 6.82. The molecule has 3 nitrogen and oxygen atoms in total. The average molecular weight is 315 g/mol. The van der Waals surface area contributed by atoms with Gasteiger partial charge in [-0.1, -0.05) is 64.5 Å². The van der Waals surface area contributed by atoms with E-state index in [1.54, 1.807) is 12.1 Å². The maximum atomic E-state index is 12.5. The van der Waals surface area contributed by atoms with Gasteiger partial charge in [0.25, 0.3) is 11.8 Å². The lowest BCUT2D eigenvalue weighted by atomic mass is 9.94. The van der Waals surface area contributed by atoms with Crippen LogP contribution in [0.2, 0.25) is 0 Å². The molecular weight excluding hydrogens is 286 g/mol. The van der Waals surface area contributed by atoms with Crippen LogP contribution in [0, 0.1) is 5.92 Å². The van der Waals surface area contributed by atoms with E-state index in [0.717, 1.165) is 19.3 Å². The van der Waals surface area contributed by atoms with Crippen molar-refractivity contribution in [1.82, 2.24) is 4.90 Å². The van der Waals surface area contributed by atoms with Gasteiger partial charge in [0.2, 0.25) is 0 Å². The number of rotatable bonds is 10. The summed E-state index contributed by atoms with van der Waals surface area (Å²) < 4.78 is 0. The van der Waals surface area contributed by atoms with Crippen LogP contribution >= 0.6 is 0 Å². The van der Waals surface area contributed by atoms with E-state index in [-0.39, 0.29) is 11.8 Å². The normalized spacial score (nSPS) is 15.1. The Morgan fingerprint density at radius 2 is 1.39 bits per heavy atom. The molecule has 2 rings (SSSR count). The Hall–Kier alpha value is -1.64. The van der Waals surface area contributed by atoms with Crippen LogP contribution in [0.1, 0.15) is 85.9 Å². The molecule has 1 heterocycles. The summed E-state index contributed by atoms with van der Waals surface area (Å²) in [6.45, 7) is 4.99. The highest BCUT2D eigenvalue weighted by Gasteiger charge is 2.35. The number of carbonyl (C=O) groups is 2. The first-order valence-electron chi connectivity index (χ1n) is 9.14. The van der Waals surface area contributed by atoms with Gasteiger partial charge in [0.05, 0.1) is 11.1 Å². The van der Waals surface area contributed by atoms with Gasteiger partial charge in [-0.3, -0.25) is 14.5 Å². The Bertz CT molecular complexity index is 503. The van der Waals surface area contributed by atoms with Crippen LogP contribution in [0.3, 0.4) is 0 Å². The van der Waals surface area contributed by atoms with Crippen molar-refractivity contribution < 1.29 is 9.59 Å². The fourth-order valence-electron chi connectivity index (χ4n) is 3.34. The zero-order valence-corrected chi connectivity index (χ0v) is 14.5. The van der Waals surface area contributed by atoms with Crippen molar-refractivity contribution in [2.75, 3.05) is 6.54 Å². The van der Waals surface area contributed by atoms with Gasteiger partial charge in [-0.15, -0.1) is 0 Å². The molecular formula is C20H29NO2. The molecule has 0 bridgehead atoms. The minimum absolute atomic E-state index is 0.111. The quantitative estimate of drug-likeness (QED) is 0.447. The molecule has 0 radical (unpaired) electrons. The van der Waals surface area contributed by atoms with Gasteiger partial charge in [-0.2, -0.15) is 0 Å². The van der Waals surface area contributed by atoms with Crippen molar-refractivity contribution in [3.05, 3.63) is 35.4 Å². The lowest BCUT2D eigenvalue weighted by molar-refractivity contribution is 0.0622. The summed E-state index contributed by atoms with van der Waals surface area (Å²) in [7, 11) is 0. The van der Waals surface area contributed by atoms with Crippen LogP contribution in [0.25, 0.3) is 0 Å². The smallest absolute Gasteiger partial charge is 0.261 e. The second-order valence-electron chi connectivity index (χ2n) is 6.62. The number of hydrogen-bond donors (Lipinski definition) is 0. The van der Waals surface area contributed by atoms with Gasteiger partial charge in [-0.05, 0) is 30.9 Å². The predicted molar refractivity (Wildman–Crippen MR) is 93.6 cm³/mol. The van der Waals surface area contributed by atoms with Crippen LogP contribution in [0.4, 0.5) is 0 Å². The summed E-state index contributed by atoms with van der Waals surface area (Å²) >= 11 is 0. The molecule has 0 saturated carbocycles. The van der Waals surface area contributed by atoms with Crippen molar-refractivity contribution in [3.63, 3.8) is 0 Å². The van der Waals surface area contributed by atoms with Crippen molar-refractivity contribution >= 4 is 11.8 Å². The van der Waals surface area contributed by atoms with Gasteiger partial charge in [0.15, 0.2) is 0 Å². The van der Waals surface area contributed by atoms with E-state index in [2.05, 4.69) is 13.8 Å². The molecule has 0 aliphatic carbocycles. The monoisotopic (exact) mass is 315 g/mol. The third-order valence-corrected chi connectivity index (χ3v) is 4.75. The van der Waals surface area contributed by atoms with E-state index in [0.29, 0.717) is 23.6 Å². The van der Waals surface area contributed by atoms with Gasteiger partial charge in [0, 0.05) is 6.54 Å². The number of benzene rings is 1. The van der Waals surface area contributed by atoms with Crippen LogP contribution < -0.4 is 0 Å². The highest BCUT2D eigenvalue weighted by molar-refractivity contribution is 6.21. The van der Waals surface area contributed by atoms with Crippen molar-refractivity contribution in [2.45, 2.75) is 65.2 Å². The van der Waals surface area contributed by atoms with Crippen molar-refractivity contribution in [2.24, 2.45) is 5.92 Å². The van der Waals surface area contributed by atoms with Gasteiger partial charge < -0.3 is 0 Å². The third-order valence-electron chi connectivity index (χ3n) is 4.75. The molecule has 126 valence electrons. The lowest BCUT2D eigenvalue weighted by Gasteiger charge is -2.22. The van der Waals surface area contributed by atoms with Crippen LogP contribution in [-0.4, -0.2) is 23.3 Å². The summed E-state index contributed by atoms with van der Waals surface area (Å²) in [6, 6.07) is 7.18. The molecule has 23 heavy (non-hydrogen) atoms. The zero-order chi connectivity index (χ0) is 16.7. The van der Waals surface area contributed by atoms with Crippen LogP contribution in [0.5, 0.6) is 0 Å². The summed E-state index contributed by atoms with van der Waals surface area (Å²) in [5, 5.41) is 0. The Balaban J connectivity index is 1.98. The Morgan fingerprint density at radius 3 is 1.96 bits per heavy atom. The summed E-state index contributed by atoms with van der Waals surface area (Å²) in [5.74, 6) is 0.218. The second kappa shape index (κ2) is 8.85. The van der Waals surface area contributed by atoms with E-state index in [4.69, 9.17) is 0 Å². The molecule has 1 aromatic carbocycles. The first kappa shape index (κ1) is 17.7. The van der Waals surface area contributed by atoms with Gasteiger partial charge in [0.1, 0.15) is 0 Å². The number of nitrogens with zero attached hydrogens (tertiary/aromatic N) is 1. The highest BCUT2D eigenvalue weighted by atomic mass is 16.2. The highest BCUT2D eigenvalue weighted by Crippen LogP contribution is 2.26. The number of unbranched alkanes of at least 4 members (excludes halogenated alkanes) is 4. The zero-order valence-electron chi connectivity index (χ0n) is 14.5. The average Bonchev–Trinajstić information content (AvgIpc) is 2.81. The predicted octanol–water partition coefficient (Wildman–Crippen LogP) is 5.06. The van der Waals surface area contributed by atoms with E-state index >= 15 is 0 Å². The van der Waals surface area contributed by atoms with Gasteiger partial charge >= 0.3 is 0 Å². The molecule has 1 unspecified atom stereocenters. The van der Waals surface area contributed by atoms with E-state index in [1.807, 2.05) is 12.1 Å². The molecule has 3 heteroatoms. The van der Waals surface area contributed by atoms with Crippen molar-refractivity contribution in [1.29, 1.82) is 0 Å². The third kappa shape index (κ3) is 4.43. The first-order valence-corrected chi connectivity index (χ1v) is 9.14. The molecule has 0 fully saturated rings. The summed E-state index contributed by atoms with van der Waals surface area (Å²) in [6.07, 6.45) is 9.51. The number of hydrogen-bond acceptors (Lipinski definition) is 2. The Morgan fingerprint density at radius 1 is 0.826 bits per heavy atom. The molecule has 1 aromatic rings. The molecule has 1 atom stereocenters. The maximum absolute atomic E-state index is 12.5. The fraction of sp³-hybridized carbons (Fsp3) is 0.600. The molecule has 0 saturated heterocycles. The number of imide groups is 1. The minimum atomic E-state index is -0.111. The lowest BCUT2D eigenvalue weighted by Crippen LogP contribution is -2.34. The maximum Gasteiger partial charge on any atom is 0.261 e.